The Kier molecular flexibility index (Phi) is 4.10. The lowest BCUT2D eigenvalue weighted by molar-refractivity contribution is -0.131. The van der Waals surface area contributed by atoms with Gasteiger partial charge in [-0.2, -0.15) is 5.26 Å². The normalized spacial score (nSPS) is 19.8. The molecule has 1 atom stereocenters. The average Bonchev–Trinajstić information content (AvgIpc) is 2.14. The smallest absolute Gasteiger partial charge is 0.240 e. The number of aliphatic hydroxyl groups excluding tert-OH is 1. The highest BCUT2D eigenvalue weighted by molar-refractivity contribution is 5.86. The Hall–Kier alpha value is -1.08. The van der Waals surface area contributed by atoms with Gasteiger partial charge in [0.15, 0.2) is 0 Å². The van der Waals surface area contributed by atoms with Crippen molar-refractivity contribution in [3.8, 4) is 6.07 Å². The van der Waals surface area contributed by atoms with Gasteiger partial charge in [0.05, 0.1) is 6.07 Å². The Morgan fingerprint density at radius 3 is 2.73 bits per heavy atom. The maximum atomic E-state index is 11.7. The number of hydrogen-bond acceptors (Lipinski definition) is 3. The van der Waals surface area contributed by atoms with Crippen molar-refractivity contribution in [3.63, 3.8) is 0 Å². The number of rotatable bonds is 5. The summed E-state index contributed by atoms with van der Waals surface area (Å²) >= 11 is 0. The molecule has 0 heterocycles. The van der Waals surface area contributed by atoms with E-state index < -0.39 is 5.41 Å². The molecule has 0 aromatic heterocycles. The summed E-state index contributed by atoms with van der Waals surface area (Å²) in [6.45, 7) is 2.65. The molecule has 1 aliphatic carbocycles. The van der Waals surface area contributed by atoms with E-state index in [1.165, 1.54) is 0 Å². The molecule has 0 aromatic carbocycles. The Labute approximate surface area is 90.3 Å². The summed E-state index contributed by atoms with van der Waals surface area (Å²) in [4.78, 5) is 11.7. The molecule has 0 radical (unpaired) electrons. The SMILES string of the molecule is CC(CCO)CNC(=O)C1(C#N)CCC1. The minimum Gasteiger partial charge on any atom is -0.396 e. The zero-order valence-corrected chi connectivity index (χ0v) is 9.12. The van der Waals surface area contributed by atoms with Crippen molar-refractivity contribution >= 4 is 5.91 Å². The van der Waals surface area contributed by atoms with Crippen molar-refractivity contribution in [2.24, 2.45) is 11.3 Å². The maximum Gasteiger partial charge on any atom is 0.240 e. The summed E-state index contributed by atoms with van der Waals surface area (Å²) in [7, 11) is 0. The second kappa shape index (κ2) is 5.13. The quantitative estimate of drug-likeness (QED) is 0.705. The Morgan fingerprint density at radius 2 is 2.33 bits per heavy atom. The third kappa shape index (κ3) is 2.69. The molecule has 2 N–H and O–H groups in total. The predicted molar refractivity (Wildman–Crippen MR) is 55.8 cm³/mol. The van der Waals surface area contributed by atoms with Crippen molar-refractivity contribution < 1.29 is 9.90 Å². The molecule has 1 aliphatic rings. The molecule has 1 amide bonds. The topological polar surface area (TPSA) is 73.1 Å². The number of aliphatic hydroxyl groups is 1. The molecule has 0 saturated heterocycles. The second-order valence-electron chi connectivity index (χ2n) is 4.37. The summed E-state index contributed by atoms with van der Waals surface area (Å²) in [5.41, 5.74) is -0.751. The van der Waals surface area contributed by atoms with Crippen LogP contribution in [0.15, 0.2) is 0 Å². The zero-order chi connectivity index (χ0) is 11.3. The van der Waals surface area contributed by atoms with E-state index >= 15 is 0 Å². The van der Waals surface area contributed by atoms with Crippen LogP contribution in [-0.2, 0) is 4.79 Å². The van der Waals surface area contributed by atoms with Crippen LogP contribution in [0.3, 0.4) is 0 Å². The average molecular weight is 210 g/mol. The van der Waals surface area contributed by atoms with Gasteiger partial charge in [-0.3, -0.25) is 4.79 Å². The van der Waals surface area contributed by atoms with Crippen LogP contribution in [-0.4, -0.2) is 24.2 Å². The summed E-state index contributed by atoms with van der Waals surface area (Å²) < 4.78 is 0. The van der Waals surface area contributed by atoms with Gasteiger partial charge in [-0.25, -0.2) is 0 Å². The Bertz CT molecular complexity index is 266. The molecule has 1 unspecified atom stereocenters. The molecule has 15 heavy (non-hydrogen) atoms. The molecule has 4 nitrogen and oxygen atoms in total. The van der Waals surface area contributed by atoms with Crippen molar-refractivity contribution in [1.29, 1.82) is 5.26 Å². The molecule has 1 fully saturated rings. The highest BCUT2D eigenvalue weighted by Gasteiger charge is 2.44. The highest BCUT2D eigenvalue weighted by Crippen LogP contribution is 2.40. The van der Waals surface area contributed by atoms with Gasteiger partial charge < -0.3 is 10.4 Å². The van der Waals surface area contributed by atoms with Gasteiger partial charge in [-0.15, -0.1) is 0 Å². The molecule has 0 aromatic rings. The lowest BCUT2D eigenvalue weighted by atomic mass is 9.69. The first kappa shape index (κ1) is 12.0. The Balaban J connectivity index is 2.33. The van der Waals surface area contributed by atoms with E-state index in [1.54, 1.807) is 0 Å². The number of carbonyl (C=O) groups excluding carboxylic acids is 1. The lowest BCUT2D eigenvalue weighted by Gasteiger charge is -2.33. The monoisotopic (exact) mass is 210 g/mol. The van der Waals surface area contributed by atoms with Gasteiger partial charge in [0.1, 0.15) is 5.41 Å². The molecule has 1 rings (SSSR count). The van der Waals surface area contributed by atoms with Gasteiger partial charge in [-0.05, 0) is 31.6 Å². The number of amides is 1. The molecule has 0 spiro atoms. The molecule has 0 bridgehead atoms. The molecular weight excluding hydrogens is 192 g/mol. The van der Waals surface area contributed by atoms with Crippen LogP contribution < -0.4 is 5.32 Å². The van der Waals surface area contributed by atoms with Gasteiger partial charge in [0.25, 0.3) is 0 Å². The third-order valence-electron chi connectivity index (χ3n) is 3.09. The first-order valence-electron chi connectivity index (χ1n) is 5.45. The van der Waals surface area contributed by atoms with Crippen molar-refractivity contribution in [3.05, 3.63) is 0 Å². The number of nitrogens with one attached hydrogen (secondary N) is 1. The van der Waals surface area contributed by atoms with Crippen LogP contribution in [0.2, 0.25) is 0 Å². The van der Waals surface area contributed by atoms with Crippen molar-refractivity contribution in [1.82, 2.24) is 5.32 Å². The largest absolute Gasteiger partial charge is 0.396 e. The maximum absolute atomic E-state index is 11.7. The predicted octanol–water partition coefficient (Wildman–Crippen LogP) is 0.815. The molecule has 4 heteroatoms. The standard InChI is InChI=1S/C11H18N2O2/c1-9(3-6-14)7-13-10(15)11(8-12)4-2-5-11/h9,14H,2-7H2,1H3,(H,13,15). The fraction of sp³-hybridized carbons (Fsp3) is 0.818. The molecule has 1 saturated carbocycles. The fourth-order valence-corrected chi connectivity index (χ4v) is 1.68. The van der Waals surface area contributed by atoms with Crippen LogP contribution in [0.1, 0.15) is 32.6 Å². The second-order valence-corrected chi connectivity index (χ2v) is 4.37. The zero-order valence-electron chi connectivity index (χ0n) is 9.12. The third-order valence-corrected chi connectivity index (χ3v) is 3.09. The molecule has 0 aliphatic heterocycles. The summed E-state index contributed by atoms with van der Waals surface area (Å²) in [6.07, 6.45) is 3.01. The molecular formula is C11H18N2O2. The van der Waals surface area contributed by atoms with E-state index in [2.05, 4.69) is 11.4 Å². The minimum absolute atomic E-state index is 0.138. The van der Waals surface area contributed by atoms with Gasteiger partial charge in [-0.1, -0.05) is 6.92 Å². The van der Waals surface area contributed by atoms with Gasteiger partial charge in [0, 0.05) is 13.2 Å². The van der Waals surface area contributed by atoms with Gasteiger partial charge in [0.2, 0.25) is 5.91 Å². The van der Waals surface area contributed by atoms with E-state index in [9.17, 15) is 4.79 Å². The van der Waals surface area contributed by atoms with E-state index in [4.69, 9.17) is 10.4 Å². The number of nitriles is 1. The van der Waals surface area contributed by atoms with E-state index in [1.807, 2.05) is 6.92 Å². The first-order chi connectivity index (χ1) is 7.14. The fourth-order valence-electron chi connectivity index (χ4n) is 1.68. The van der Waals surface area contributed by atoms with E-state index in [-0.39, 0.29) is 18.4 Å². The lowest BCUT2D eigenvalue weighted by Crippen LogP contribution is -2.45. The van der Waals surface area contributed by atoms with Gasteiger partial charge >= 0.3 is 0 Å². The molecule has 84 valence electrons. The van der Waals surface area contributed by atoms with Crippen LogP contribution in [0, 0.1) is 22.7 Å². The van der Waals surface area contributed by atoms with Crippen LogP contribution in [0.5, 0.6) is 0 Å². The Morgan fingerprint density at radius 1 is 1.67 bits per heavy atom. The number of hydrogen-bond donors (Lipinski definition) is 2. The minimum atomic E-state index is -0.751. The summed E-state index contributed by atoms with van der Waals surface area (Å²) in [5.74, 6) is 0.121. The van der Waals surface area contributed by atoms with E-state index in [0.717, 1.165) is 6.42 Å². The van der Waals surface area contributed by atoms with Crippen LogP contribution >= 0.6 is 0 Å². The summed E-state index contributed by atoms with van der Waals surface area (Å²) in [5, 5.41) is 20.4. The van der Waals surface area contributed by atoms with Crippen molar-refractivity contribution in [2.45, 2.75) is 32.6 Å². The van der Waals surface area contributed by atoms with Crippen LogP contribution in [0.25, 0.3) is 0 Å². The summed E-state index contributed by atoms with van der Waals surface area (Å²) in [6, 6.07) is 2.11. The highest BCUT2D eigenvalue weighted by atomic mass is 16.3. The number of carbonyl (C=O) groups is 1. The first-order valence-corrected chi connectivity index (χ1v) is 5.45. The van der Waals surface area contributed by atoms with E-state index in [0.29, 0.717) is 25.8 Å². The number of nitrogens with zero attached hydrogens (tertiary/aromatic N) is 1. The van der Waals surface area contributed by atoms with Crippen molar-refractivity contribution in [2.75, 3.05) is 13.2 Å². The van der Waals surface area contributed by atoms with Crippen LogP contribution in [0.4, 0.5) is 0 Å².